The lowest BCUT2D eigenvalue weighted by Crippen LogP contribution is -2.19. The Kier molecular flexibility index (Phi) is 3.23. The van der Waals surface area contributed by atoms with Crippen LogP contribution in [0.15, 0.2) is 10.5 Å². The Labute approximate surface area is 100 Å². The number of rotatable bonds is 4. The quantitative estimate of drug-likeness (QED) is 0.864. The van der Waals surface area contributed by atoms with Crippen molar-refractivity contribution in [2.24, 2.45) is 7.05 Å². The molecule has 1 unspecified atom stereocenters. The molecule has 6 heteroatoms. The molecule has 0 aliphatic heterocycles. The summed E-state index contributed by atoms with van der Waals surface area (Å²) in [5.74, 6) is 2.58. The van der Waals surface area contributed by atoms with E-state index < -0.39 is 0 Å². The summed E-state index contributed by atoms with van der Waals surface area (Å²) in [6.07, 6.45) is 0. The van der Waals surface area contributed by atoms with Crippen molar-refractivity contribution in [3.63, 3.8) is 0 Å². The van der Waals surface area contributed by atoms with E-state index in [9.17, 15) is 0 Å². The van der Waals surface area contributed by atoms with Crippen LogP contribution in [0.2, 0.25) is 0 Å². The Balaban J connectivity index is 1.97. The minimum atomic E-state index is 0.205. The lowest BCUT2D eigenvalue weighted by molar-refractivity contribution is 0.488. The van der Waals surface area contributed by atoms with Crippen molar-refractivity contribution in [3.8, 4) is 0 Å². The molecule has 0 saturated carbocycles. The van der Waals surface area contributed by atoms with Gasteiger partial charge in [-0.3, -0.25) is 0 Å². The minimum absolute atomic E-state index is 0.205. The number of aryl methyl sites for hydroxylation is 3. The van der Waals surface area contributed by atoms with E-state index in [0.717, 1.165) is 11.5 Å². The molecule has 17 heavy (non-hydrogen) atoms. The van der Waals surface area contributed by atoms with E-state index in [4.69, 9.17) is 4.42 Å². The summed E-state index contributed by atoms with van der Waals surface area (Å²) < 4.78 is 5.50. The molecule has 0 aliphatic carbocycles. The van der Waals surface area contributed by atoms with Crippen LogP contribution in [-0.2, 0) is 13.6 Å². The zero-order chi connectivity index (χ0) is 12.4. The lowest BCUT2D eigenvalue weighted by atomic mass is 10.1. The first kappa shape index (κ1) is 11.8. The van der Waals surface area contributed by atoms with Gasteiger partial charge in [0.15, 0.2) is 5.82 Å². The number of tetrazole rings is 1. The zero-order valence-corrected chi connectivity index (χ0v) is 10.6. The van der Waals surface area contributed by atoms with Crippen LogP contribution in [0.3, 0.4) is 0 Å². The highest BCUT2D eigenvalue weighted by Gasteiger charge is 2.12. The van der Waals surface area contributed by atoms with Crippen molar-refractivity contribution in [1.29, 1.82) is 0 Å². The summed E-state index contributed by atoms with van der Waals surface area (Å²) in [5.41, 5.74) is 1.17. The first-order valence-electron chi connectivity index (χ1n) is 5.59. The van der Waals surface area contributed by atoms with Crippen LogP contribution >= 0.6 is 0 Å². The first-order valence-corrected chi connectivity index (χ1v) is 5.59. The fourth-order valence-electron chi connectivity index (χ4n) is 1.83. The van der Waals surface area contributed by atoms with Gasteiger partial charge in [0, 0.05) is 11.6 Å². The van der Waals surface area contributed by atoms with E-state index in [-0.39, 0.29) is 6.04 Å². The Morgan fingerprint density at radius 1 is 1.47 bits per heavy atom. The molecule has 0 radical (unpaired) electrons. The smallest absolute Gasteiger partial charge is 0.188 e. The summed E-state index contributed by atoms with van der Waals surface area (Å²) in [4.78, 5) is 1.45. The molecule has 0 fully saturated rings. The Bertz CT molecular complexity index is 502. The second-order valence-corrected chi connectivity index (χ2v) is 4.17. The molecule has 0 bridgehead atoms. The normalized spacial score (nSPS) is 12.9. The summed E-state index contributed by atoms with van der Waals surface area (Å²) in [5, 5.41) is 15.2. The van der Waals surface area contributed by atoms with Crippen LogP contribution in [0, 0.1) is 13.8 Å². The van der Waals surface area contributed by atoms with Crippen LogP contribution in [0.25, 0.3) is 0 Å². The standard InChI is InChI=1S/C11H17N5O/c1-7-5-10(9(3)17-7)8(2)12-6-11-13-15-16(4)14-11/h5,8,12H,6H2,1-4H3. The molecule has 2 rings (SSSR count). The number of aromatic nitrogens is 4. The average molecular weight is 235 g/mol. The van der Waals surface area contributed by atoms with Crippen molar-refractivity contribution >= 4 is 0 Å². The molecule has 1 N–H and O–H groups in total. The highest BCUT2D eigenvalue weighted by molar-refractivity contribution is 5.23. The van der Waals surface area contributed by atoms with Gasteiger partial charge in [-0.15, -0.1) is 10.2 Å². The maximum Gasteiger partial charge on any atom is 0.188 e. The molecular weight excluding hydrogens is 218 g/mol. The van der Waals surface area contributed by atoms with E-state index in [1.807, 2.05) is 13.8 Å². The van der Waals surface area contributed by atoms with Gasteiger partial charge in [-0.05, 0) is 32.1 Å². The van der Waals surface area contributed by atoms with Gasteiger partial charge >= 0.3 is 0 Å². The number of hydrogen-bond donors (Lipinski definition) is 1. The van der Waals surface area contributed by atoms with E-state index >= 15 is 0 Å². The highest BCUT2D eigenvalue weighted by atomic mass is 16.3. The maximum absolute atomic E-state index is 5.50. The second kappa shape index (κ2) is 4.67. The van der Waals surface area contributed by atoms with E-state index in [0.29, 0.717) is 12.4 Å². The van der Waals surface area contributed by atoms with E-state index in [1.54, 1.807) is 7.05 Å². The molecule has 0 aromatic carbocycles. The minimum Gasteiger partial charge on any atom is -0.466 e. The number of hydrogen-bond acceptors (Lipinski definition) is 5. The molecule has 92 valence electrons. The summed E-state index contributed by atoms with van der Waals surface area (Å²) in [7, 11) is 1.75. The molecule has 1 atom stereocenters. The van der Waals surface area contributed by atoms with Crippen molar-refractivity contribution in [3.05, 3.63) is 29.0 Å². The van der Waals surface area contributed by atoms with Gasteiger partial charge in [0.25, 0.3) is 0 Å². The van der Waals surface area contributed by atoms with Gasteiger partial charge in [0.2, 0.25) is 0 Å². The van der Waals surface area contributed by atoms with Crippen LogP contribution in [-0.4, -0.2) is 20.2 Å². The molecule has 2 heterocycles. The molecule has 2 aromatic heterocycles. The van der Waals surface area contributed by atoms with Crippen LogP contribution in [0.4, 0.5) is 0 Å². The lowest BCUT2D eigenvalue weighted by Gasteiger charge is -2.10. The van der Waals surface area contributed by atoms with E-state index in [2.05, 4.69) is 33.7 Å². The van der Waals surface area contributed by atoms with Gasteiger partial charge in [-0.2, -0.15) is 4.80 Å². The maximum atomic E-state index is 5.50. The predicted molar refractivity (Wildman–Crippen MR) is 62.2 cm³/mol. The largest absolute Gasteiger partial charge is 0.466 e. The number of furan rings is 1. The topological polar surface area (TPSA) is 68.8 Å². The third kappa shape index (κ3) is 2.71. The fourth-order valence-corrected chi connectivity index (χ4v) is 1.83. The van der Waals surface area contributed by atoms with Crippen molar-refractivity contribution in [1.82, 2.24) is 25.5 Å². The molecule has 0 saturated heterocycles. The third-order valence-electron chi connectivity index (χ3n) is 2.66. The molecule has 6 nitrogen and oxygen atoms in total. The van der Waals surface area contributed by atoms with Crippen molar-refractivity contribution < 1.29 is 4.42 Å². The highest BCUT2D eigenvalue weighted by Crippen LogP contribution is 2.21. The SMILES string of the molecule is Cc1cc(C(C)NCc2nnn(C)n2)c(C)o1. The summed E-state index contributed by atoms with van der Waals surface area (Å²) in [6, 6.07) is 2.26. The van der Waals surface area contributed by atoms with Crippen LogP contribution in [0.5, 0.6) is 0 Å². The Hall–Kier alpha value is -1.69. The van der Waals surface area contributed by atoms with Gasteiger partial charge in [0.1, 0.15) is 11.5 Å². The van der Waals surface area contributed by atoms with Gasteiger partial charge < -0.3 is 9.73 Å². The fraction of sp³-hybridized carbons (Fsp3) is 0.545. The second-order valence-electron chi connectivity index (χ2n) is 4.17. The van der Waals surface area contributed by atoms with Crippen molar-refractivity contribution in [2.45, 2.75) is 33.4 Å². The van der Waals surface area contributed by atoms with E-state index in [1.165, 1.54) is 10.4 Å². The van der Waals surface area contributed by atoms with Gasteiger partial charge in [-0.1, -0.05) is 0 Å². The Morgan fingerprint density at radius 3 is 2.76 bits per heavy atom. The van der Waals surface area contributed by atoms with Crippen molar-refractivity contribution in [2.75, 3.05) is 0 Å². The summed E-state index contributed by atoms with van der Waals surface area (Å²) >= 11 is 0. The monoisotopic (exact) mass is 235 g/mol. The molecule has 2 aromatic rings. The van der Waals surface area contributed by atoms with Gasteiger partial charge in [-0.25, -0.2) is 0 Å². The van der Waals surface area contributed by atoms with Crippen LogP contribution < -0.4 is 5.32 Å². The molecule has 0 spiro atoms. The van der Waals surface area contributed by atoms with Crippen LogP contribution in [0.1, 0.15) is 35.9 Å². The zero-order valence-electron chi connectivity index (χ0n) is 10.6. The first-order chi connectivity index (χ1) is 8.06. The Morgan fingerprint density at radius 2 is 2.24 bits per heavy atom. The molecular formula is C11H17N5O. The summed E-state index contributed by atoms with van der Waals surface area (Å²) in [6.45, 7) is 6.61. The third-order valence-corrected chi connectivity index (χ3v) is 2.66. The molecule has 0 amide bonds. The van der Waals surface area contributed by atoms with Gasteiger partial charge in [0.05, 0.1) is 13.6 Å². The average Bonchev–Trinajstić information content (AvgIpc) is 2.81. The molecule has 0 aliphatic rings. The number of nitrogens with one attached hydrogen (secondary N) is 1. The number of nitrogens with zero attached hydrogens (tertiary/aromatic N) is 4. The predicted octanol–water partition coefficient (Wildman–Crippen LogP) is 1.27.